The van der Waals surface area contributed by atoms with Gasteiger partial charge in [-0.2, -0.15) is 0 Å². The number of benzene rings is 1. The second-order valence-electron chi connectivity index (χ2n) is 2.41. The highest BCUT2D eigenvalue weighted by molar-refractivity contribution is 5.76. The lowest BCUT2D eigenvalue weighted by atomic mass is 10.1. The second-order valence-corrected chi connectivity index (χ2v) is 2.41. The Balaban J connectivity index is 0. The van der Waals surface area contributed by atoms with Crippen LogP contribution in [0.2, 0.25) is 0 Å². The molecule has 0 spiro atoms. The summed E-state index contributed by atoms with van der Waals surface area (Å²) >= 11 is 0. The van der Waals surface area contributed by atoms with E-state index >= 15 is 0 Å². The molecule has 0 radical (unpaired) electrons. The number of aldehydes is 1. The van der Waals surface area contributed by atoms with Crippen LogP contribution in [0.3, 0.4) is 0 Å². The van der Waals surface area contributed by atoms with Gasteiger partial charge >= 0.3 is 0 Å². The zero-order valence-corrected chi connectivity index (χ0v) is 10.1. The molecule has 0 unspecified atom stereocenters. The van der Waals surface area contributed by atoms with Crippen LogP contribution in [0.1, 0.15) is 29.8 Å². The molecule has 2 nitrogen and oxygen atoms in total. The molecule has 2 N–H and O–H groups in total. The molecule has 1 aromatic carbocycles. The normalized spacial score (nSPS) is 8.53. The molecular formula is C11H15F4NO. The van der Waals surface area contributed by atoms with Crippen LogP contribution >= 0.6 is 0 Å². The fourth-order valence-electron chi connectivity index (χ4n) is 0.862. The van der Waals surface area contributed by atoms with Gasteiger partial charge in [0.05, 0.1) is 5.56 Å². The fraction of sp³-hybridized carbons (Fsp3) is 0.364. The first-order chi connectivity index (χ1) is 8.00. The zero-order chi connectivity index (χ0) is 14.2. The molecule has 0 fully saturated rings. The third-order valence-electron chi connectivity index (χ3n) is 1.63. The molecule has 6 heteroatoms. The Bertz CT molecular complexity index is 351. The summed E-state index contributed by atoms with van der Waals surface area (Å²) in [6, 6.07) is 0. The molecule has 0 aromatic heterocycles. The van der Waals surface area contributed by atoms with Gasteiger partial charge in [0.15, 0.2) is 29.6 Å². The van der Waals surface area contributed by atoms with Crippen molar-refractivity contribution < 1.29 is 22.4 Å². The van der Waals surface area contributed by atoms with E-state index in [1.807, 2.05) is 13.8 Å². The van der Waals surface area contributed by atoms with Crippen molar-refractivity contribution in [1.29, 1.82) is 0 Å². The molecular weight excluding hydrogens is 238 g/mol. The van der Waals surface area contributed by atoms with Gasteiger partial charge in [-0.25, -0.2) is 17.6 Å². The molecule has 0 heterocycles. The summed E-state index contributed by atoms with van der Waals surface area (Å²) in [4.78, 5) is 10.1. The molecule has 1 rings (SSSR count). The van der Waals surface area contributed by atoms with Crippen molar-refractivity contribution >= 4 is 6.29 Å². The maximum Gasteiger partial charge on any atom is 0.172 e. The number of rotatable bonds is 1. The van der Waals surface area contributed by atoms with E-state index in [0.717, 1.165) is 6.92 Å². The molecule has 1 aromatic rings. The molecule has 0 aliphatic carbocycles. The van der Waals surface area contributed by atoms with Crippen LogP contribution in [0.4, 0.5) is 17.6 Å². The topological polar surface area (TPSA) is 43.1 Å². The number of hydrogen-bond donors (Lipinski definition) is 1. The van der Waals surface area contributed by atoms with Crippen LogP contribution in [-0.4, -0.2) is 13.3 Å². The largest absolute Gasteiger partial charge is 0.333 e. The van der Waals surface area contributed by atoms with Crippen LogP contribution in [-0.2, 0) is 0 Å². The predicted octanol–water partition coefficient (Wildman–Crippen LogP) is 2.97. The van der Waals surface area contributed by atoms with Gasteiger partial charge < -0.3 is 5.73 Å². The first-order valence-electron chi connectivity index (χ1n) is 4.86. The van der Waals surface area contributed by atoms with Crippen LogP contribution in [0, 0.1) is 30.2 Å². The molecule has 0 bridgehead atoms. The molecule has 0 amide bonds. The summed E-state index contributed by atoms with van der Waals surface area (Å²) in [6.07, 6.45) is -0.268. The molecule has 0 aliphatic rings. The van der Waals surface area contributed by atoms with E-state index in [0.29, 0.717) is 0 Å². The number of hydrogen-bond acceptors (Lipinski definition) is 2. The number of carbonyl (C=O) groups is 1. The van der Waals surface area contributed by atoms with Gasteiger partial charge in [-0.1, -0.05) is 13.8 Å². The summed E-state index contributed by atoms with van der Waals surface area (Å²) in [6.45, 7) is 4.88. The lowest BCUT2D eigenvalue weighted by Crippen LogP contribution is -2.05. The molecule has 0 saturated heterocycles. The van der Waals surface area contributed by atoms with Crippen molar-refractivity contribution in [2.24, 2.45) is 5.73 Å². The van der Waals surface area contributed by atoms with Crippen LogP contribution in [0.5, 0.6) is 0 Å². The molecule has 98 valence electrons. The summed E-state index contributed by atoms with van der Waals surface area (Å²) in [7, 11) is 1.50. The maximum absolute atomic E-state index is 12.7. The average Bonchev–Trinajstić information content (AvgIpc) is 2.39. The predicted molar refractivity (Wildman–Crippen MR) is 57.9 cm³/mol. The Morgan fingerprint density at radius 3 is 1.41 bits per heavy atom. The molecule has 0 aliphatic heterocycles. The minimum atomic E-state index is -1.66. The second kappa shape index (κ2) is 8.69. The average molecular weight is 253 g/mol. The third kappa shape index (κ3) is 3.81. The van der Waals surface area contributed by atoms with E-state index in [9.17, 15) is 22.4 Å². The molecule has 17 heavy (non-hydrogen) atoms. The minimum Gasteiger partial charge on any atom is -0.333 e. The van der Waals surface area contributed by atoms with Crippen molar-refractivity contribution in [2.45, 2.75) is 20.8 Å². The van der Waals surface area contributed by atoms with Crippen molar-refractivity contribution in [3.8, 4) is 0 Å². The van der Waals surface area contributed by atoms with E-state index < -0.39 is 34.4 Å². The standard InChI is InChI=1S/C8H4F4O.C2H6.CH5N/c1-3-5(9)7(11)4(2-13)8(12)6(3)10;2*1-2/h2H,1H3;1-2H3;2H2,1H3. The smallest absolute Gasteiger partial charge is 0.172 e. The quantitative estimate of drug-likeness (QED) is 0.475. The number of carbonyl (C=O) groups excluding carboxylic acids is 1. The SMILES string of the molecule is CC.CN.Cc1c(F)c(F)c(C=O)c(F)c1F. The number of nitrogens with two attached hydrogens (primary N) is 1. The Kier molecular flexibility index (Phi) is 9.18. The summed E-state index contributed by atoms with van der Waals surface area (Å²) < 4.78 is 50.7. The highest BCUT2D eigenvalue weighted by Gasteiger charge is 2.22. The number of halogens is 4. The summed E-state index contributed by atoms with van der Waals surface area (Å²) in [5, 5.41) is 0. The lowest BCUT2D eigenvalue weighted by molar-refractivity contribution is 0.111. The van der Waals surface area contributed by atoms with Crippen molar-refractivity contribution in [3.63, 3.8) is 0 Å². The Hall–Kier alpha value is -1.43. The van der Waals surface area contributed by atoms with E-state index in [1.165, 1.54) is 7.05 Å². The van der Waals surface area contributed by atoms with E-state index in [2.05, 4.69) is 5.73 Å². The third-order valence-corrected chi connectivity index (χ3v) is 1.63. The van der Waals surface area contributed by atoms with Gasteiger partial charge in [0.1, 0.15) is 0 Å². The Morgan fingerprint density at radius 2 is 1.18 bits per heavy atom. The van der Waals surface area contributed by atoms with Gasteiger partial charge in [-0.15, -0.1) is 0 Å². The first-order valence-corrected chi connectivity index (χ1v) is 4.86. The van der Waals surface area contributed by atoms with E-state index in [1.54, 1.807) is 0 Å². The van der Waals surface area contributed by atoms with Crippen molar-refractivity contribution in [2.75, 3.05) is 7.05 Å². The van der Waals surface area contributed by atoms with Crippen LogP contribution in [0.15, 0.2) is 0 Å². The van der Waals surface area contributed by atoms with E-state index in [-0.39, 0.29) is 6.29 Å². The molecule has 0 atom stereocenters. The highest BCUT2D eigenvalue weighted by atomic mass is 19.2. The first kappa shape index (κ1) is 17.9. The van der Waals surface area contributed by atoms with E-state index in [4.69, 9.17) is 0 Å². The Labute approximate surface area is 97.4 Å². The van der Waals surface area contributed by atoms with Gasteiger partial charge in [0, 0.05) is 5.56 Å². The monoisotopic (exact) mass is 253 g/mol. The van der Waals surface area contributed by atoms with Gasteiger partial charge in [-0.05, 0) is 14.0 Å². The zero-order valence-electron chi connectivity index (χ0n) is 10.1. The van der Waals surface area contributed by atoms with Crippen molar-refractivity contribution in [3.05, 3.63) is 34.4 Å². The fourth-order valence-corrected chi connectivity index (χ4v) is 0.862. The van der Waals surface area contributed by atoms with Gasteiger partial charge in [0.25, 0.3) is 0 Å². The van der Waals surface area contributed by atoms with Crippen LogP contribution in [0.25, 0.3) is 0 Å². The van der Waals surface area contributed by atoms with Gasteiger partial charge in [0.2, 0.25) is 0 Å². The van der Waals surface area contributed by atoms with Gasteiger partial charge in [-0.3, -0.25) is 4.79 Å². The highest BCUT2D eigenvalue weighted by Crippen LogP contribution is 2.21. The lowest BCUT2D eigenvalue weighted by Gasteiger charge is -2.03. The Morgan fingerprint density at radius 1 is 0.882 bits per heavy atom. The van der Waals surface area contributed by atoms with Crippen LogP contribution < -0.4 is 5.73 Å². The van der Waals surface area contributed by atoms with Crippen molar-refractivity contribution in [1.82, 2.24) is 0 Å². The molecule has 0 saturated carbocycles. The summed E-state index contributed by atoms with van der Waals surface area (Å²) in [5.74, 6) is -6.40. The minimum absolute atomic E-state index is 0.268. The summed E-state index contributed by atoms with van der Waals surface area (Å²) in [5.41, 5.74) is 2.50. The maximum atomic E-state index is 12.7.